The van der Waals surface area contributed by atoms with Crippen LogP contribution in [0.5, 0.6) is 0 Å². The van der Waals surface area contributed by atoms with Crippen molar-refractivity contribution < 1.29 is 53.2 Å². The molecule has 0 radical (unpaired) electrons. The first-order valence-corrected chi connectivity index (χ1v) is 5.59. The summed E-state index contributed by atoms with van der Waals surface area (Å²) in [7, 11) is 0. The van der Waals surface area contributed by atoms with Gasteiger partial charge in [-0.15, -0.1) is 0 Å². The summed E-state index contributed by atoms with van der Waals surface area (Å²) in [5.74, 6) is -10.2. The van der Waals surface area contributed by atoms with Gasteiger partial charge in [0, 0.05) is 0 Å². The Morgan fingerprint density at radius 2 is 1.23 bits per heavy atom. The summed E-state index contributed by atoms with van der Waals surface area (Å²) in [4.78, 5) is 0. The zero-order chi connectivity index (χ0) is 17.5. The van der Waals surface area contributed by atoms with Gasteiger partial charge in [0.05, 0.1) is 5.34 Å². The van der Waals surface area contributed by atoms with Gasteiger partial charge in [-0.25, -0.2) is 17.6 Å². The van der Waals surface area contributed by atoms with E-state index in [1.165, 1.54) is 0 Å². The van der Waals surface area contributed by atoms with Gasteiger partial charge in [0.15, 0.2) is 0 Å². The molecule has 0 aliphatic carbocycles. The molecule has 22 heavy (non-hydrogen) atoms. The zero-order valence-electron chi connectivity index (χ0n) is 10.2. The molecular formula is C9H8F11NO. The van der Waals surface area contributed by atoms with Gasteiger partial charge in [0.2, 0.25) is 0 Å². The first-order valence-electron chi connectivity index (χ1n) is 5.59. The van der Waals surface area contributed by atoms with Crippen LogP contribution in [0.15, 0.2) is 0 Å². The zero-order valence-corrected chi connectivity index (χ0v) is 10.2. The first kappa shape index (κ1) is 19.2. The second-order valence-corrected chi connectivity index (χ2v) is 4.54. The standard InChI is InChI=1S/C9H8F11NO/c10-5(9(16,17)18)7(12,13)3-1-2-4(22-3)8(14,15)6(11)21(19)20/h3-6H,1-2H2. The fraction of sp³-hybridized carbons (Fsp3) is 1.00. The van der Waals surface area contributed by atoms with Crippen LogP contribution in [0.4, 0.5) is 48.5 Å². The molecule has 0 aromatic carbocycles. The third-order valence-electron chi connectivity index (χ3n) is 2.99. The Morgan fingerprint density at radius 1 is 0.818 bits per heavy atom. The molecule has 0 saturated carbocycles. The first-order chi connectivity index (χ1) is 9.72. The van der Waals surface area contributed by atoms with E-state index in [2.05, 4.69) is 4.74 Å². The summed E-state index contributed by atoms with van der Waals surface area (Å²) in [6.45, 7) is 0. The van der Waals surface area contributed by atoms with Gasteiger partial charge in [-0.05, 0) is 12.8 Å². The van der Waals surface area contributed by atoms with E-state index in [1.54, 1.807) is 0 Å². The molecule has 4 atom stereocenters. The topological polar surface area (TPSA) is 12.5 Å². The Morgan fingerprint density at radius 3 is 1.59 bits per heavy atom. The van der Waals surface area contributed by atoms with Gasteiger partial charge in [0.25, 0.3) is 12.5 Å². The third kappa shape index (κ3) is 3.55. The summed E-state index contributed by atoms with van der Waals surface area (Å²) < 4.78 is 141. The molecule has 132 valence electrons. The van der Waals surface area contributed by atoms with Crippen LogP contribution in [0.25, 0.3) is 0 Å². The van der Waals surface area contributed by atoms with Crippen molar-refractivity contribution in [3.63, 3.8) is 0 Å². The number of halogens is 11. The van der Waals surface area contributed by atoms with E-state index in [0.29, 0.717) is 0 Å². The minimum atomic E-state index is -5.98. The fourth-order valence-corrected chi connectivity index (χ4v) is 1.87. The highest BCUT2D eigenvalue weighted by Gasteiger charge is 2.65. The largest absolute Gasteiger partial charge is 0.425 e. The molecule has 1 rings (SSSR count). The van der Waals surface area contributed by atoms with Crippen molar-refractivity contribution in [1.29, 1.82) is 0 Å². The Hall–Kier alpha value is -0.850. The van der Waals surface area contributed by atoms with Crippen LogP contribution in [-0.2, 0) is 4.74 Å². The lowest BCUT2D eigenvalue weighted by Crippen LogP contribution is -2.51. The molecule has 1 saturated heterocycles. The Kier molecular flexibility index (Phi) is 5.22. The van der Waals surface area contributed by atoms with Crippen molar-refractivity contribution in [2.24, 2.45) is 0 Å². The summed E-state index contributed by atoms with van der Waals surface area (Å²) in [6, 6.07) is 0. The van der Waals surface area contributed by atoms with Gasteiger partial charge >= 0.3 is 18.0 Å². The van der Waals surface area contributed by atoms with Crippen molar-refractivity contribution in [3.8, 4) is 0 Å². The lowest BCUT2D eigenvalue weighted by molar-refractivity contribution is -0.315. The maximum atomic E-state index is 13.2. The SMILES string of the molecule is FC(N(F)F)C(F)(F)C1CCC(C(F)(F)C(F)C(F)(F)F)O1. The van der Waals surface area contributed by atoms with Crippen molar-refractivity contribution in [2.45, 2.75) is 55.5 Å². The van der Waals surface area contributed by atoms with E-state index in [9.17, 15) is 48.5 Å². The fourth-order valence-electron chi connectivity index (χ4n) is 1.87. The molecular weight excluding hydrogens is 347 g/mol. The van der Waals surface area contributed by atoms with E-state index >= 15 is 0 Å². The van der Waals surface area contributed by atoms with Crippen molar-refractivity contribution >= 4 is 0 Å². The van der Waals surface area contributed by atoms with Crippen LogP contribution in [-0.4, -0.2) is 48.0 Å². The van der Waals surface area contributed by atoms with Crippen molar-refractivity contribution in [1.82, 2.24) is 5.34 Å². The average Bonchev–Trinajstić information content (AvgIpc) is 2.86. The van der Waals surface area contributed by atoms with Gasteiger partial charge < -0.3 is 4.74 Å². The number of alkyl halides is 9. The van der Waals surface area contributed by atoms with E-state index in [0.717, 1.165) is 0 Å². The Labute approximate surface area is 115 Å². The maximum absolute atomic E-state index is 13.2. The summed E-state index contributed by atoms with van der Waals surface area (Å²) in [5, 5.41) is -2.54. The molecule has 0 aromatic heterocycles. The molecule has 0 spiro atoms. The second-order valence-electron chi connectivity index (χ2n) is 4.54. The molecule has 0 bridgehead atoms. The third-order valence-corrected chi connectivity index (χ3v) is 2.99. The van der Waals surface area contributed by atoms with Gasteiger partial charge in [-0.1, -0.05) is 8.96 Å². The highest BCUT2D eigenvalue weighted by molar-refractivity contribution is 4.97. The molecule has 1 aliphatic heterocycles. The number of hydrogen-bond donors (Lipinski definition) is 0. The van der Waals surface area contributed by atoms with Gasteiger partial charge in [-0.3, -0.25) is 0 Å². The normalized spacial score (nSPS) is 27.3. The quantitative estimate of drug-likeness (QED) is 0.419. The second kappa shape index (κ2) is 5.98. The monoisotopic (exact) mass is 355 g/mol. The predicted molar refractivity (Wildman–Crippen MR) is 47.7 cm³/mol. The van der Waals surface area contributed by atoms with Crippen LogP contribution in [0, 0.1) is 0 Å². The molecule has 1 fully saturated rings. The minimum Gasteiger partial charge on any atom is -0.362 e. The number of ether oxygens (including phenoxy) is 1. The number of hydrogen-bond acceptors (Lipinski definition) is 2. The van der Waals surface area contributed by atoms with Crippen molar-refractivity contribution in [2.75, 3.05) is 0 Å². The van der Waals surface area contributed by atoms with Crippen LogP contribution in [0.1, 0.15) is 12.8 Å². The predicted octanol–water partition coefficient (Wildman–Crippen LogP) is 4.07. The summed E-state index contributed by atoms with van der Waals surface area (Å²) in [5.41, 5.74) is 0. The highest BCUT2D eigenvalue weighted by atomic mass is 19.4. The van der Waals surface area contributed by atoms with E-state index in [-0.39, 0.29) is 0 Å². The molecule has 0 aromatic rings. The molecule has 1 heterocycles. The van der Waals surface area contributed by atoms with Gasteiger partial charge in [0.1, 0.15) is 12.2 Å². The number of rotatable bonds is 5. The molecule has 0 amide bonds. The maximum Gasteiger partial charge on any atom is 0.425 e. The van der Waals surface area contributed by atoms with E-state index in [4.69, 9.17) is 0 Å². The minimum absolute atomic E-state index is 1.15. The van der Waals surface area contributed by atoms with Crippen molar-refractivity contribution in [3.05, 3.63) is 0 Å². The van der Waals surface area contributed by atoms with E-state index in [1.807, 2.05) is 0 Å². The highest BCUT2D eigenvalue weighted by Crippen LogP contribution is 2.45. The van der Waals surface area contributed by atoms with Gasteiger partial charge in [-0.2, -0.15) is 22.0 Å². The van der Waals surface area contributed by atoms with E-state index < -0.39 is 60.9 Å². The van der Waals surface area contributed by atoms with Crippen LogP contribution in [0.3, 0.4) is 0 Å². The molecule has 13 heteroatoms. The number of nitrogens with zero attached hydrogens (tertiary/aromatic N) is 1. The lowest BCUT2D eigenvalue weighted by Gasteiger charge is -2.30. The molecule has 1 aliphatic rings. The summed E-state index contributed by atoms with van der Waals surface area (Å²) in [6.07, 6.45) is -23.0. The smallest absolute Gasteiger partial charge is 0.362 e. The molecule has 0 N–H and O–H groups in total. The Balaban J connectivity index is 2.85. The molecule has 2 nitrogen and oxygen atoms in total. The Bertz CT molecular complexity index is 384. The van der Waals surface area contributed by atoms with Crippen LogP contribution < -0.4 is 0 Å². The average molecular weight is 355 g/mol. The van der Waals surface area contributed by atoms with Crippen LogP contribution >= 0.6 is 0 Å². The molecule has 4 unspecified atom stereocenters. The lowest BCUT2D eigenvalue weighted by atomic mass is 10.0. The summed E-state index contributed by atoms with van der Waals surface area (Å²) >= 11 is 0. The van der Waals surface area contributed by atoms with Crippen LogP contribution in [0.2, 0.25) is 0 Å².